The van der Waals surface area contributed by atoms with Gasteiger partial charge in [-0.25, -0.2) is 0 Å². The third-order valence-electron chi connectivity index (χ3n) is 1.21. The maximum atomic E-state index is 11.7. The van der Waals surface area contributed by atoms with Crippen molar-refractivity contribution >= 4 is 0 Å². The Morgan fingerprint density at radius 2 is 1.92 bits per heavy atom. The first-order valence-electron chi connectivity index (χ1n) is 3.36. The summed E-state index contributed by atoms with van der Waals surface area (Å²) >= 11 is 0. The van der Waals surface area contributed by atoms with E-state index >= 15 is 0 Å². The Morgan fingerprint density at radius 1 is 1.17 bits per heavy atom. The molecule has 0 aromatic heterocycles. The summed E-state index contributed by atoms with van der Waals surface area (Å²) in [5.41, 5.74) is 0. The van der Waals surface area contributed by atoms with E-state index in [1.807, 2.05) is 0 Å². The molecule has 1 rings (SSSR count). The van der Waals surface area contributed by atoms with E-state index in [0.29, 0.717) is 0 Å². The monoisotopic (exact) mass is 176 g/mol. The fourth-order valence-corrected chi connectivity index (χ4v) is 0.782. The molecule has 0 amide bonds. The van der Waals surface area contributed by atoms with Crippen LogP contribution in [0.2, 0.25) is 0 Å². The van der Waals surface area contributed by atoms with Crippen molar-refractivity contribution in [1.82, 2.24) is 0 Å². The van der Waals surface area contributed by atoms with Gasteiger partial charge in [-0.2, -0.15) is 0 Å². The van der Waals surface area contributed by atoms with Gasteiger partial charge in [-0.15, -0.1) is 13.2 Å². The van der Waals surface area contributed by atoms with E-state index in [2.05, 4.69) is 4.74 Å². The van der Waals surface area contributed by atoms with Crippen molar-refractivity contribution in [3.05, 3.63) is 36.1 Å². The van der Waals surface area contributed by atoms with Crippen LogP contribution in [0.4, 0.5) is 13.2 Å². The third kappa shape index (κ3) is 3.27. The van der Waals surface area contributed by atoms with Gasteiger partial charge in [-0.1, -0.05) is 24.3 Å². The van der Waals surface area contributed by atoms with E-state index < -0.39 is 6.36 Å². The van der Waals surface area contributed by atoms with E-state index in [-0.39, 0.29) is 12.2 Å². The molecular weight excluding hydrogens is 169 g/mol. The van der Waals surface area contributed by atoms with Crippen LogP contribution in [-0.2, 0) is 4.74 Å². The topological polar surface area (TPSA) is 9.23 Å². The zero-order valence-corrected chi connectivity index (χ0v) is 6.14. The van der Waals surface area contributed by atoms with Crippen LogP contribution in [0.5, 0.6) is 0 Å². The molecule has 1 aliphatic rings. The first-order valence-corrected chi connectivity index (χ1v) is 3.36. The summed E-state index contributed by atoms with van der Waals surface area (Å²) in [7, 11) is 0. The summed E-state index contributed by atoms with van der Waals surface area (Å²) in [4.78, 5) is 0. The van der Waals surface area contributed by atoms with Gasteiger partial charge in [0.25, 0.3) is 0 Å². The van der Waals surface area contributed by atoms with E-state index in [1.54, 1.807) is 18.2 Å². The molecule has 0 radical (unpaired) electrons. The first-order chi connectivity index (χ1) is 5.58. The molecule has 0 saturated carbocycles. The molecule has 0 saturated heterocycles. The minimum absolute atomic E-state index is 0.0903. The molecule has 12 heavy (non-hydrogen) atoms. The fraction of sp³-hybridized carbons (Fsp3) is 0.250. The largest absolute Gasteiger partial charge is 0.572 e. The lowest BCUT2D eigenvalue weighted by molar-refractivity contribution is -0.305. The van der Waals surface area contributed by atoms with Crippen LogP contribution in [0.1, 0.15) is 6.42 Å². The van der Waals surface area contributed by atoms with Crippen molar-refractivity contribution in [2.75, 3.05) is 0 Å². The molecule has 0 atom stereocenters. The quantitative estimate of drug-likeness (QED) is 0.596. The zero-order chi connectivity index (χ0) is 9.03. The van der Waals surface area contributed by atoms with Crippen molar-refractivity contribution < 1.29 is 17.9 Å². The van der Waals surface area contributed by atoms with Crippen LogP contribution >= 0.6 is 0 Å². The third-order valence-corrected chi connectivity index (χ3v) is 1.21. The normalized spacial score (nSPS) is 17.1. The average Bonchev–Trinajstić information content (AvgIpc) is 2.12. The van der Waals surface area contributed by atoms with Gasteiger partial charge in [-0.05, 0) is 6.08 Å². The molecular formula is C8H7F3O. The molecule has 0 unspecified atom stereocenters. The summed E-state index contributed by atoms with van der Waals surface area (Å²) in [6, 6.07) is 0. The van der Waals surface area contributed by atoms with Crippen molar-refractivity contribution in [3.8, 4) is 0 Å². The smallest absolute Gasteiger partial charge is 0.410 e. The number of alkyl halides is 3. The van der Waals surface area contributed by atoms with Crippen LogP contribution in [-0.4, -0.2) is 6.36 Å². The number of hydrogen-bond acceptors (Lipinski definition) is 1. The molecule has 66 valence electrons. The molecule has 4 heteroatoms. The van der Waals surface area contributed by atoms with Gasteiger partial charge < -0.3 is 4.74 Å². The van der Waals surface area contributed by atoms with Gasteiger partial charge in [-0.3, -0.25) is 0 Å². The van der Waals surface area contributed by atoms with Gasteiger partial charge in [0.15, 0.2) is 0 Å². The first kappa shape index (κ1) is 8.90. The summed E-state index contributed by atoms with van der Waals surface area (Å²) in [5, 5.41) is 0. The Bertz CT molecular complexity index is 235. The van der Waals surface area contributed by atoms with E-state index in [9.17, 15) is 13.2 Å². The second-order valence-corrected chi connectivity index (χ2v) is 2.20. The average molecular weight is 176 g/mol. The second-order valence-electron chi connectivity index (χ2n) is 2.20. The van der Waals surface area contributed by atoms with Crippen LogP contribution in [0.15, 0.2) is 36.1 Å². The molecule has 0 heterocycles. The fourth-order valence-electron chi connectivity index (χ4n) is 0.782. The summed E-state index contributed by atoms with van der Waals surface area (Å²) in [6.45, 7) is 0. The van der Waals surface area contributed by atoms with Gasteiger partial charge in [0.2, 0.25) is 0 Å². The van der Waals surface area contributed by atoms with Crippen LogP contribution < -0.4 is 0 Å². The Hall–Kier alpha value is -1.19. The van der Waals surface area contributed by atoms with E-state index in [1.165, 1.54) is 12.2 Å². The molecule has 0 spiro atoms. The summed E-state index contributed by atoms with van der Waals surface area (Å²) < 4.78 is 38.7. The molecule has 1 aliphatic carbocycles. The molecule has 0 aromatic rings. The molecule has 0 aromatic carbocycles. The SMILES string of the molecule is FC(F)(F)OC1=CC=CC=CC1. The van der Waals surface area contributed by atoms with Gasteiger partial charge in [0.1, 0.15) is 5.76 Å². The maximum absolute atomic E-state index is 11.7. The van der Waals surface area contributed by atoms with Crippen molar-refractivity contribution in [2.45, 2.75) is 12.8 Å². The van der Waals surface area contributed by atoms with E-state index in [0.717, 1.165) is 0 Å². The lowest BCUT2D eigenvalue weighted by atomic mass is 10.3. The molecule has 1 nitrogen and oxygen atoms in total. The molecule has 0 bridgehead atoms. The maximum Gasteiger partial charge on any atom is 0.572 e. The highest BCUT2D eigenvalue weighted by Gasteiger charge is 2.31. The minimum Gasteiger partial charge on any atom is -0.410 e. The summed E-state index contributed by atoms with van der Waals surface area (Å²) in [6.07, 6.45) is 3.31. The summed E-state index contributed by atoms with van der Waals surface area (Å²) in [5.74, 6) is -0.0903. The minimum atomic E-state index is -4.59. The van der Waals surface area contributed by atoms with Gasteiger partial charge >= 0.3 is 6.36 Å². The number of allylic oxidation sites excluding steroid dienone is 5. The molecule has 0 aliphatic heterocycles. The van der Waals surface area contributed by atoms with E-state index in [4.69, 9.17) is 0 Å². The van der Waals surface area contributed by atoms with Crippen LogP contribution in [0.25, 0.3) is 0 Å². The Labute approximate surface area is 67.8 Å². The molecule has 0 fully saturated rings. The Balaban J connectivity index is 2.58. The number of halogens is 3. The van der Waals surface area contributed by atoms with Crippen LogP contribution in [0.3, 0.4) is 0 Å². The predicted octanol–water partition coefficient (Wildman–Crippen LogP) is 2.92. The highest BCUT2D eigenvalue weighted by Crippen LogP contribution is 2.23. The Morgan fingerprint density at radius 3 is 2.58 bits per heavy atom. The highest BCUT2D eigenvalue weighted by molar-refractivity contribution is 5.20. The van der Waals surface area contributed by atoms with Crippen LogP contribution in [0, 0.1) is 0 Å². The number of ether oxygens (including phenoxy) is 1. The zero-order valence-electron chi connectivity index (χ0n) is 6.14. The van der Waals surface area contributed by atoms with Gasteiger partial charge in [0.05, 0.1) is 0 Å². The lowest BCUT2D eigenvalue weighted by Crippen LogP contribution is -2.12. The standard InChI is InChI=1S/C8H7F3O/c9-8(10,11)12-7-5-3-1-2-4-6-7/h1-5H,6H2. The Kier molecular flexibility index (Phi) is 2.58. The van der Waals surface area contributed by atoms with Crippen molar-refractivity contribution in [1.29, 1.82) is 0 Å². The number of hydrogen-bond donors (Lipinski definition) is 0. The molecule has 0 N–H and O–H groups in total. The lowest BCUT2D eigenvalue weighted by Gasteiger charge is -2.09. The second kappa shape index (κ2) is 3.47. The van der Waals surface area contributed by atoms with Crippen molar-refractivity contribution in [2.24, 2.45) is 0 Å². The predicted molar refractivity (Wildman–Crippen MR) is 38.1 cm³/mol. The van der Waals surface area contributed by atoms with Crippen molar-refractivity contribution in [3.63, 3.8) is 0 Å². The number of rotatable bonds is 1. The highest BCUT2D eigenvalue weighted by atomic mass is 19.4. The van der Waals surface area contributed by atoms with Gasteiger partial charge in [0, 0.05) is 6.42 Å².